The largest absolute Gasteiger partial charge is 0.466 e. The Balaban J connectivity index is 0.000000124. The molecule has 0 radical (unpaired) electrons. The molecule has 0 aromatic carbocycles. The Morgan fingerprint density at radius 3 is 1.76 bits per heavy atom. The van der Waals surface area contributed by atoms with Crippen molar-refractivity contribution in [2.24, 2.45) is 0 Å². The van der Waals surface area contributed by atoms with Crippen molar-refractivity contribution in [3.05, 3.63) is 154 Å². The Morgan fingerprint density at radius 2 is 1.03 bits per heavy atom. The van der Waals surface area contributed by atoms with E-state index in [1.807, 2.05) is 22.9 Å². The van der Waals surface area contributed by atoms with Gasteiger partial charge in [-0.2, -0.15) is 0 Å². The highest BCUT2D eigenvalue weighted by molar-refractivity contribution is 7.11. The zero-order valence-electron chi connectivity index (χ0n) is 44.0. The van der Waals surface area contributed by atoms with Crippen LogP contribution in [0.4, 0.5) is 0 Å². The van der Waals surface area contributed by atoms with Gasteiger partial charge in [0.05, 0.1) is 40.9 Å². The molecule has 0 fully saturated rings. The molecule has 1 aliphatic heterocycles. The highest BCUT2D eigenvalue weighted by atomic mass is 32.1. The third-order valence-corrected chi connectivity index (χ3v) is 15.7. The van der Waals surface area contributed by atoms with Crippen molar-refractivity contribution in [3.8, 4) is 0 Å². The summed E-state index contributed by atoms with van der Waals surface area (Å²) in [5, 5.41) is 2.22. The van der Waals surface area contributed by atoms with Gasteiger partial charge in [-0.05, 0) is 228 Å². The summed E-state index contributed by atoms with van der Waals surface area (Å²) in [4.78, 5) is 15.7. The highest BCUT2D eigenvalue weighted by Gasteiger charge is 2.23. The Kier molecular flexibility index (Phi) is 18.5. The molecule has 0 spiro atoms. The molecule has 12 rings (SSSR count). The van der Waals surface area contributed by atoms with Gasteiger partial charge in [-0.1, -0.05) is 33.4 Å². The van der Waals surface area contributed by atoms with Crippen LogP contribution in [0.15, 0.2) is 106 Å². The summed E-state index contributed by atoms with van der Waals surface area (Å²) < 4.78 is 26.7. The molecule has 0 bridgehead atoms. The van der Waals surface area contributed by atoms with E-state index in [1.165, 1.54) is 141 Å². The number of thiophene rings is 1. The fraction of sp³-hybridized carbons (Fsp3) is 0.450. The number of aromatic nitrogens is 3. The predicted molar refractivity (Wildman–Crippen MR) is 292 cm³/mol. The molecular formula is C60H75N3O5S2. The average Bonchev–Trinajstić information content (AvgIpc) is 4.19. The summed E-state index contributed by atoms with van der Waals surface area (Å²) in [6.07, 6.45) is 22.1. The minimum atomic E-state index is 0.610. The molecule has 7 heterocycles. The van der Waals surface area contributed by atoms with Gasteiger partial charge in [-0.3, -0.25) is 0 Å². The maximum Gasteiger partial charge on any atom is 0.181 e. The van der Waals surface area contributed by atoms with Gasteiger partial charge in [0.2, 0.25) is 0 Å². The van der Waals surface area contributed by atoms with Crippen LogP contribution in [0.2, 0.25) is 0 Å². The van der Waals surface area contributed by atoms with Crippen molar-refractivity contribution in [1.82, 2.24) is 15.0 Å². The van der Waals surface area contributed by atoms with E-state index in [-0.39, 0.29) is 0 Å². The van der Waals surface area contributed by atoms with Gasteiger partial charge in [0.25, 0.3) is 0 Å². The quantitative estimate of drug-likeness (QED) is 0.148. The van der Waals surface area contributed by atoms with Gasteiger partial charge >= 0.3 is 0 Å². The third-order valence-electron chi connectivity index (χ3n) is 13.8. The average molecular weight is 982 g/mol. The molecule has 6 aliphatic rings. The smallest absolute Gasteiger partial charge is 0.181 e. The first-order chi connectivity index (χ1) is 33.7. The molecule has 8 nitrogen and oxygen atoms in total. The van der Waals surface area contributed by atoms with Crippen molar-refractivity contribution in [3.63, 3.8) is 0 Å². The molecule has 0 unspecified atom stereocenters. The Labute approximate surface area is 425 Å². The first-order valence-corrected chi connectivity index (χ1v) is 27.0. The monoisotopic (exact) mass is 982 g/mol. The second-order valence-electron chi connectivity index (χ2n) is 20.1. The molecule has 70 heavy (non-hydrogen) atoms. The standard InChI is InChI=1S/C11H14O.C11H14S.C10H13NO.C10H12O2.C9H11NO.C9H11NS/c2*1-8(2)10-5-3-4-9-6-7-12-11(9)10;1-7(2)8-4-3-5-9-10(8)11-6-12-9;1-7(2)9-5-11-6-10-8(9)3-4-12-10;2*1-6(2)7-3-4-8-9(7)11-5-10-8/h2*6-7H,3-5H2,1-2H3;6H,3-5H2,1-2H3;3-4H,5-6H2,1-2H3;2*5H,3-4H2,1-2H3. The molecule has 10 heteroatoms. The van der Waals surface area contributed by atoms with E-state index < -0.39 is 0 Å². The molecule has 0 atom stereocenters. The van der Waals surface area contributed by atoms with Crippen LogP contribution in [-0.4, -0.2) is 21.6 Å². The first kappa shape index (κ1) is 52.5. The minimum absolute atomic E-state index is 0.610. The van der Waals surface area contributed by atoms with Crippen molar-refractivity contribution in [2.45, 2.75) is 173 Å². The maximum absolute atomic E-state index is 5.47. The molecule has 0 saturated carbocycles. The molecule has 0 N–H and O–H groups in total. The highest BCUT2D eigenvalue weighted by Crippen LogP contribution is 2.39. The predicted octanol–water partition coefficient (Wildman–Crippen LogP) is 18.0. The molecular weight excluding hydrogens is 907 g/mol. The normalized spacial score (nSPS) is 15.8. The number of fused-ring (bicyclic) bond motifs is 6. The van der Waals surface area contributed by atoms with Crippen LogP contribution in [0.1, 0.15) is 201 Å². The summed E-state index contributed by atoms with van der Waals surface area (Å²) in [6, 6.07) is 6.39. The van der Waals surface area contributed by atoms with E-state index >= 15 is 0 Å². The molecule has 0 saturated heterocycles. The van der Waals surface area contributed by atoms with Crippen LogP contribution in [0, 0.1) is 0 Å². The Hall–Kier alpha value is -5.29. The topological polar surface area (TPSA) is 100 Å². The summed E-state index contributed by atoms with van der Waals surface area (Å²) in [6.45, 7) is 27.2. The van der Waals surface area contributed by atoms with Crippen LogP contribution >= 0.6 is 22.7 Å². The lowest BCUT2D eigenvalue weighted by Crippen LogP contribution is -2.07. The van der Waals surface area contributed by atoms with Crippen molar-refractivity contribution >= 4 is 56.1 Å². The number of oxazole rings is 2. The Morgan fingerprint density at radius 1 is 0.429 bits per heavy atom. The molecule has 6 aromatic rings. The molecule has 6 aromatic heterocycles. The van der Waals surface area contributed by atoms with Gasteiger partial charge in [-0.25, -0.2) is 15.0 Å². The zero-order chi connectivity index (χ0) is 49.9. The number of rotatable bonds is 0. The van der Waals surface area contributed by atoms with Gasteiger partial charge in [0.15, 0.2) is 18.5 Å². The molecule has 0 amide bonds. The number of ether oxygens (including phenoxy) is 1. The number of allylic oxidation sites excluding steroid dienone is 11. The lowest BCUT2D eigenvalue weighted by molar-refractivity contribution is 0.127. The number of aryl methyl sites for hydroxylation is 5. The summed E-state index contributed by atoms with van der Waals surface area (Å²) in [5.74, 6) is 4.18. The van der Waals surface area contributed by atoms with Gasteiger partial charge in [-0.15, -0.1) is 22.7 Å². The summed E-state index contributed by atoms with van der Waals surface area (Å²) in [5.41, 5.74) is 26.6. The van der Waals surface area contributed by atoms with Crippen molar-refractivity contribution in [2.75, 3.05) is 6.61 Å². The number of hydrogen-bond acceptors (Lipinski definition) is 10. The first-order valence-electron chi connectivity index (χ1n) is 25.3. The van der Waals surface area contributed by atoms with E-state index in [0.717, 1.165) is 73.1 Å². The maximum atomic E-state index is 5.47. The second kappa shape index (κ2) is 24.7. The SMILES string of the molecule is CC(C)=C1CCCc2ccoc21.CC(C)=C1CCCc2ccsc21.CC(C)=C1CCCc2ocnc21.CC(C)=C1CCc2ncoc21.CC(C)=C1CCc2ncsc21.CC(C)=C1COCc2occc21. The van der Waals surface area contributed by atoms with Gasteiger partial charge < -0.3 is 22.4 Å². The lowest BCUT2D eigenvalue weighted by Gasteiger charge is -2.16. The molecule has 5 aliphatic carbocycles. The third kappa shape index (κ3) is 12.8. The fourth-order valence-electron chi connectivity index (χ4n) is 9.92. The second-order valence-corrected chi connectivity index (χ2v) is 21.9. The number of nitrogens with zero attached hydrogens (tertiary/aromatic N) is 3. The van der Waals surface area contributed by atoms with Crippen LogP contribution in [0.3, 0.4) is 0 Å². The van der Waals surface area contributed by atoms with E-state index in [2.05, 4.69) is 116 Å². The van der Waals surface area contributed by atoms with Crippen LogP contribution in [-0.2, 0) is 43.4 Å². The summed E-state index contributed by atoms with van der Waals surface area (Å²) >= 11 is 3.68. The zero-order valence-corrected chi connectivity index (χ0v) is 45.6. The van der Waals surface area contributed by atoms with E-state index in [0.29, 0.717) is 6.61 Å². The number of thiazole rings is 1. The van der Waals surface area contributed by atoms with Gasteiger partial charge in [0, 0.05) is 16.9 Å². The number of furan rings is 2. The Bertz CT molecular complexity index is 2570. The minimum Gasteiger partial charge on any atom is -0.466 e. The summed E-state index contributed by atoms with van der Waals surface area (Å²) in [7, 11) is 0. The molecule has 372 valence electrons. The van der Waals surface area contributed by atoms with Crippen molar-refractivity contribution < 1.29 is 22.4 Å². The fourth-order valence-corrected chi connectivity index (χ4v) is 12.1. The number of hydrogen-bond donors (Lipinski definition) is 0. The van der Waals surface area contributed by atoms with Crippen LogP contribution in [0.5, 0.6) is 0 Å². The van der Waals surface area contributed by atoms with Crippen molar-refractivity contribution in [1.29, 1.82) is 0 Å². The lowest BCUT2D eigenvalue weighted by atomic mass is 9.91. The van der Waals surface area contributed by atoms with E-state index in [1.54, 1.807) is 46.3 Å². The van der Waals surface area contributed by atoms with Crippen LogP contribution in [0.25, 0.3) is 33.4 Å². The van der Waals surface area contributed by atoms with E-state index in [9.17, 15) is 0 Å². The van der Waals surface area contributed by atoms with Gasteiger partial charge in [0.1, 0.15) is 29.6 Å². The van der Waals surface area contributed by atoms with Crippen LogP contribution < -0.4 is 0 Å². The van der Waals surface area contributed by atoms with E-state index in [4.69, 9.17) is 22.4 Å².